The van der Waals surface area contributed by atoms with Crippen LogP contribution < -0.4 is 10.1 Å². The van der Waals surface area contributed by atoms with Crippen molar-refractivity contribution < 1.29 is 14.3 Å². The number of nitrogens with one attached hydrogen (secondary N) is 1. The standard InChI is InChI=1S/C17H21N3O3/c1-23-15-4-2-14(3-5-15)17(22)20-10-7-13(8-11-20)12-19-16(21)6-9-18/h2-5,13H,6-8,10-12H2,1H3,(H,19,21). The Labute approximate surface area is 136 Å². The van der Waals surface area contributed by atoms with Crippen LogP contribution in [0.5, 0.6) is 5.75 Å². The summed E-state index contributed by atoms with van der Waals surface area (Å²) in [4.78, 5) is 25.6. The lowest BCUT2D eigenvalue weighted by molar-refractivity contribution is -0.120. The second kappa shape index (κ2) is 8.18. The van der Waals surface area contributed by atoms with Gasteiger partial charge in [0, 0.05) is 25.2 Å². The van der Waals surface area contributed by atoms with Crippen molar-refractivity contribution in [3.8, 4) is 11.8 Å². The molecular formula is C17H21N3O3. The van der Waals surface area contributed by atoms with Crippen molar-refractivity contribution in [2.24, 2.45) is 5.92 Å². The minimum atomic E-state index is -0.232. The van der Waals surface area contributed by atoms with Gasteiger partial charge in [0.25, 0.3) is 5.91 Å². The molecule has 6 nitrogen and oxygen atoms in total. The van der Waals surface area contributed by atoms with Gasteiger partial charge in [-0.05, 0) is 43.0 Å². The normalized spacial score (nSPS) is 14.9. The topological polar surface area (TPSA) is 82.4 Å². The van der Waals surface area contributed by atoms with Crippen molar-refractivity contribution in [1.29, 1.82) is 5.26 Å². The second-order valence-electron chi connectivity index (χ2n) is 5.60. The number of likely N-dealkylation sites (tertiary alicyclic amines) is 1. The van der Waals surface area contributed by atoms with Crippen molar-refractivity contribution in [2.75, 3.05) is 26.7 Å². The van der Waals surface area contributed by atoms with Crippen LogP contribution in [0.4, 0.5) is 0 Å². The lowest BCUT2D eigenvalue weighted by Gasteiger charge is -2.32. The first-order valence-corrected chi connectivity index (χ1v) is 7.71. The van der Waals surface area contributed by atoms with Gasteiger partial charge in [-0.25, -0.2) is 0 Å². The maximum absolute atomic E-state index is 12.4. The van der Waals surface area contributed by atoms with Crippen molar-refractivity contribution in [2.45, 2.75) is 19.3 Å². The minimum absolute atomic E-state index is 0.0274. The van der Waals surface area contributed by atoms with Crippen LogP contribution >= 0.6 is 0 Å². The van der Waals surface area contributed by atoms with Gasteiger partial charge in [-0.2, -0.15) is 5.26 Å². The van der Waals surface area contributed by atoms with Crippen molar-refractivity contribution in [3.05, 3.63) is 29.8 Å². The van der Waals surface area contributed by atoms with Crippen LogP contribution in [-0.2, 0) is 4.79 Å². The van der Waals surface area contributed by atoms with Crippen molar-refractivity contribution in [1.82, 2.24) is 10.2 Å². The number of piperidine rings is 1. The van der Waals surface area contributed by atoms with Crippen LogP contribution in [0.25, 0.3) is 0 Å². The summed E-state index contributed by atoms with van der Waals surface area (Å²) >= 11 is 0. The summed E-state index contributed by atoms with van der Waals surface area (Å²) in [7, 11) is 1.59. The lowest BCUT2D eigenvalue weighted by atomic mass is 9.96. The van der Waals surface area contributed by atoms with E-state index in [1.54, 1.807) is 31.4 Å². The predicted octanol–water partition coefficient (Wildman–Crippen LogP) is 1.58. The fraction of sp³-hybridized carbons (Fsp3) is 0.471. The number of carbonyl (C=O) groups excluding carboxylic acids is 2. The van der Waals surface area contributed by atoms with Gasteiger partial charge in [0.1, 0.15) is 12.2 Å². The highest BCUT2D eigenvalue weighted by Crippen LogP contribution is 2.19. The molecule has 0 bridgehead atoms. The van der Waals surface area contributed by atoms with Crippen LogP contribution in [0.3, 0.4) is 0 Å². The molecule has 1 aromatic rings. The van der Waals surface area contributed by atoms with Crippen LogP contribution in [-0.4, -0.2) is 43.5 Å². The van der Waals surface area contributed by atoms with E-state index >= 15 is 0 Å². The summed E-state index contributed by atoms with van der Waals surface area (Å²) in [5, 5.41) is 11.2. The van der Waals surface area contributed by atoms with Crippen LogP contribution in [0.15, 0.2) is 24.3 Å². The van der Waals surface area contributed by atoms with Gasteiger partial charge < -0.3 is 15.0 Å². The molecule has 0 unspecified atom stereocenters. The number of hydrogen-bond acceptors (Lipinski definition) is 4. The molecule has 122 valence electrons. The van der Waals surface area contributed by atoms with Crippen LogP contribution in [0.1, 0.15) is 29.6 Å². The molecule has 0 aliphatic carbocycles. The Hall–Kier alpha value is -2.55. The third kappa shape index (κ3) is 4.71. The summed E-state index contributed by atoms with van der Waals surface area (Å²) in [6.07, 6.45) is 1.61. The molecule has 23 heavy (non-hydrogen) atoms. The summed E-state index contributed by atoms with van der Waals surface area (Å²) in [6, 6.07) is 8.94. The third-order valence-corrected chi connectivity index (χ3v) is 4.07. The molecule has 2 rings (SSSR count). The van der Waals surface area contributed by atoms with E-state index in [4.69, 9.17) is 10.00 Å². The van der Waals surface area contributed by atoms with E-state index < -0.39 is 0 Å². The Morgan fingerprint density at radius 1 is 1.30 bits per heavy atom. The Morgan fingerprint density at radius 3 is 2.52 bits per heavy atom. The van der Waals surface area contributed by atoms with Gasteiger partial charge in [-0.3, -0.25) is 9.59 Å². The molecule has 1 aliphatic rings. The summed E-state index contributed by atoms with van der Waals surface area (Å²) in [5.41, 5.74) is 0.659. The minimum Gasteiger partial charge on any atom is -0.497 e. The molecule has 0 spiro atoms. The van der Waals surface area contributed by atoms with Crippen molar-refractivity contribution in [3.63, 3.8) is 0 Å². The molecule has 0 radical (unpaired) electrons. The molecule has 1 aliphatic heterocycles. The maximum atomic E-state index is 12.4. The summed E-state index contributed by atoms with van der Waals surface area (Å²) in [5.74, 6) is 0.884. The average molecular weight is 315 g/mol. The number of carbonyl (C=O) groups is 2. The number of rotatable bonds is 5. The monoisotopic (exact) mass is 315 g/mol. The highest BCUT2D eigenvalue weighted by molar-refractivity contribution is 5.94. The molecule has 1 fully saturated rings. The number of amides is 2. The Bertz CT molecular complexity index is 584. The molecule has 6 heteroatoms. The first-order valence-electron chi connectivity index (χ1n) is 7.71. The number of hydrogen-bond donors (Lipinski definition) is 1. The first kappa shape index (κ1) is 16.8. The van der Waals surface area contributed by atoms with E-state index in [2.05, 4.69) is 5.32 Å². The second-order valence-corrected chi connectivity index (χ2v) is 5.60. The molecule has 1 heterocycles. The number of ether oxygens (including phenoxy) is 1. The number of nitriles is 1. The number of nitrogens with zero attached hydrogens (tertiary/aromatic N) is 2. The van der Waals surface area contributed by atoms with Crippen LogP contribution in [0, 0.1) is 17.2 Å². The van der Waals surface area contributed by atoms with E-state index in [0.29, 0.717) is 31.1 Å². The molecule has 0 saturated carbocycles. The molecule has 2 amide bonds. The van der Waals surface area contributed by atoms with E-state index in [1.165, 1.54) is 0 Å². The van der Waals surface area contributed by atoms with Gasteiger partial charge in [0.05, 0.1) is 13.2 Å². The number of methoxy groups -OCH3 is 1. The zero-order valence-corrected chi connectivity index (χ0v) is 13.2. The van der Waals surface area contributed by atoms with E-state index in [0.717, 1.165) is 18.6 Å². The van der Waals surface area contributed by atoms with E-state index in [9.17, 15) is 9.59 Å². The largest absolute Gasteiger partial charge is 0.497 e. The fourth-order valence-corrected chi connectivity index (χ4v) is 2.65. The fourth-order valence-electron chi connectivity index (χ4n) is 2.65. The van der Waals surface area contributed by atoms with Crippen LogP contribution in [0.2, 0.25) is 0 Å². The summed E-state index contributed by atoms with van der Waals surface area (Å²) < 4.78 is 5.09. The zero-order chi connectivity index (χ0) is 16.7. The molecule has 0 aromatic heterocycles. The highest BCUT2D eigenvalue weighted by atomic mass is 16.5. The van der Waals surface area contributed by atoms with Gasteiger partial charge in [-0.1, -0.05) is 0 Å². The molecular weight excluding hydrogens is 294 g/mol. The lowest BCUT2D eigenvalue weighted by Crippen LogP contribution is -2.41. The average Bonchev–Trinajstić information content (AvgIpc) is 2.60. The van der Waals surface area contributed by atoms with Gasteiger partial charge in [-0.15, -0.1) is 0 Å². The van der Waals surface area contributed by atoms with E-state index in [1.807, 2.05) is 11.0 Å². The van der Waals surface area contributed by atoms with E-state index in [-0.39, 0.29) is 18.2 Å². The molecule has 1 N–H and O–H groups in total. The predicted molar refractivity (Wildman–Crippen MR) is 84.9 cm³/mol. The first-order chi connectivity index (χ1) is 11.1. The number of benzene rings is 1. The Kier molecular flexibility index (Phi) is 5.98. The van der Waals surface area contributed by atoms with Gasteiger partial charge in [0.15, 0.2) is 0 Å². The Morgan fingerprint density at radius 2 is 1.96 bits per heavy atom. The highest BCUT2D eigenvalue weighted by Gasteiger charge is 2.23. The zero-order valence-electron chi connectivity index (χ0n) is 13.2. The smallest absolute Gasteiger partial charge is 0.253 e. The summed E-state index contributed by atoms with van der Waals surface area (Å²) in [6.45, 7) is 1.94. The molecule has 0 atom stereocenters. The van der Waals surface area contributed by atoms with Gasteiger partial charge >= 0.3 is 0 Å². The maximum Gasteiger partial charge on any atom is 0.253 e. The molecule has 1 aromatic carbocycles. The molecule has 1 saturated heterocycles. The van der Waals surface area contributed by atoms with Gasteiger partial charge in [0.2, 0.25) is 5.91 Å². The van der Waals surface area contributed by atoms with Crippen molar-refractivity contribution >= 4 is 11.8 Å². The third-order valence-electron chi connectivity index (χ3n) is 4.07. The quantitative estimate of drug-likeness (QED) is 0.894. The Balaban J connectivity index is 1.80. The SMILES string of the molecule is COc1ccc(C(=O)N2CCC(CNC(=O)CC#N)CC2)cc1.